The Morgan fingerprint density at radius 2 is 1.30 bits per heavy atom. The second kappa shape index (κ2) is 11.1. The molecule has 0 radical (unpaired) electrons. The summed E-state index contributed by atoms with van der Waals surface area (Å²) in [7, 11) is -2.51. The predicted octanol–water partition coefficient (Wildman–Crippen LogP) is 6.06. The van der Waals surface area contributed by atoms with Crippen molar-refractivity contribution < 1.29 is 9.53 Å². The standard InChI is InChI=1S/C30H38O2Si/c1-24(29(31)25(2)26-17-9-6-10-18-26)16-15-23-32-33(30(3,4)5,27-19-11-7-12-20-27)28-21-13-8-14-22-28/h6-14,16-22,25,29,31H,15,23H2,1-5H3/b24-16-/t25-,29-/m1/s1. The van der Waals surface area contributed by atoms with Crippen LogP contribution in [-0.2, 0) is 4.43 Å². The first-order valence-corrected chi connectivity index (χ1v) is 13.8. The lowest BCUT2D eigenvalue weighted by Crippen LogP contribution is -2.66. The Kier molecular flexibility index (Phi) is 8.47. The number of benzene rings is 3. The van der Waals surface area contributed by atoms with E-state index in [0.29, 0.717) is 6.61 Å². The average Bonchev–Trinajstić information content (AvgIpc) is 2.84. The van der Waals surface area contributed by atoms with E-state index >= 15 is 0 Å². The Bertz CT molecular complexity index is 968. The van der Waals surface area contributed by atoms with E-state index in [1.54, 1.807) is 0 Å². The molecule has 3 aromatic carbocycles. The quantitative estimate of drug-likeness (QED) is 0.240. The van der Waals surface area contributed by atoms with E-state index in [2.05, 4.69) is 107 Å². The van der Waals surface area contributed by atoms with Gasteiger partial charge in [-0.15, -0.1) is 0 Å². The average molecular weight is 459 g/mol. The lowest BCUT2D eigenvalue weighted by molar-refractivity contribution is 0.184. The van der Waals surface area contributed by atoms with Gasteiger partial charge in [-0.05, 0) is 39.9 Å². The minimum Gasteiger partial charge on any atom is -0.407 e. The molecule has 0 bridgehead atoms. The highest BCUT2D eigenvalue weighted by molar-refractivity contribution is 6.99. The summed E-state index contributed by atoms with van der Waals surface area (Å²) in [6.45, 7) is 11.6. The van der Waals surface area contributed by atoms with Gasteiger partial charge in [0, 0.05) is 12.5 Å². The van der Waals surface area contributed by atoms with Crippen molar-refractivity contribution in [3.8, 4) is 0 Å². The summed E-state index contributed by atoms with van der Waals surface area (Å²) in [6, 6.07) is 31.7. The lowest BCUT2D eigenvalue weighted by Gasteiger charge is -2.43. The molecule has 0 heterocycles. The van der Waals surface area contributed by atoms with Crippen LogP contribution in [0.15, 0.2) is 103 Å². The van der Waals surface area contributed by atoms with E-state index in [-0.39, 0.29) is 11.0 Å². The molecule has 0 fully saturated rings. The van der Waals surface area contributed by atoms with Crippen molar-refractivity contribution in [2.45, 2.75) is 58.1 Å². The van der Waals surface area contributed by atoms with Gasteiger partial charge in [0.25, 0.3) is 8.32 Å². The fourth-order valence-electron chi connectivity index (χ4n) is 4.71. The molecule has 0 aliphatic carbocycles. The van der Waals surface area contributed by atoms with Gasteiger partial charge in [-0.1, -0.05) is 125 Å². The number of hydrogen-bond acceptors (Lipinski definition) is 2. The fraction of sp³-hybridized carbons (Fsp3) is 0.333. The molecule has 0 aromatic heterocycles. The monoisotopic (exact) mass is 458 g/mol. The topological polar surface area (TPSA) is 29.5 Å². The zero-order chi connectivity index (χ0) is 23.9. The highest BCUT2D eigenvalue weighted by Crippen LogP contribution is 2.36. The smallest absolute Gasteiger partial charge is 0.261 e. The van der Waals surface area contributed by atoms with Gasteiger partial charge in [0.15, 0.2) is 0 Å². The van der Waals surface area contributed by atoms with Crippen molar-refractivity contribution in [3.63, 3.8) is 0 Å². The van der Waals surface area contributed by atoms with Gasteiger partial charge in [0.1, 0.15) is 0 Å². The van der Waals surface area contributed by atoms with Gasteiger partial charge in [-0.3, -0.25) is 0 Å². The molecule has 3 rings (SSSR count). The third kappa shape index (κ3) is 5.73. The van der Waals surface area contributed by atoms with Crippen LogP contribution in [0.4, 0.5) is 0 Å². The molecule has 0 spiro atoms. The Morgan fingerprint density at radius 3 is 1.76 bits per heavy atom. The molecule has 174 valence electrons. The number of hydrogen-bond donors (Lipinski definition) is 1. The molecular formula is C30H38O2Si. The van der Waals surface area contributed by atoms with Gasteiger partial charge in [-0.25, -0.2) is 0 Å². The summed E-state index contributed by atoms with van der Waals surface area (Å²) >= 11 is 0. The molecule has 0 aliphatic heterocycles. The molecule has 3 heteroatoms. The number of aliphatic hydroxyl groups is 1. The first kappa shape index (κ1) is 25.2. The zero-order valence-corrected chi connectivity index (χ0v) is 21.7. The third-order valence-corrected chi connectivity index (χ3v) is 11.6. The molecular weight excluding hydrogens is 420 g/mol. The minimum atomic E-state index is -2.51. The van der Waals surface area contributed by atoms with Crippen LogP contribution >= 0.6 is 0 Å². The Morgan fingerprint density at radius 1 is 0.848 bits per heavy atom. The van der Waals surface area contributed by atoms with Crippen LogP contribution < -0.4 is 10.4 Å². The summed E-state index contributed by atoms with van der Waals surface area (Å²) < 4.78 is 6.95. The van der Waals surface area contributed by atoms with E-state index in [1.807, 2.05) is 25.1 Å². The highest BCUT2D eigenvalue weighted by Gasteiger charge is 2.49. The lowest BCUT2D eigenvalue weighted by atomic mass is 9.91. The van der Waals surface area contributed by atoms with E-state index in [0.717, 1.165) is 17.6 Å². The number of rotatable bonds is 9. The first-order valence-electron chi connectivity index (χ1n) is 11.9. The van der Waals surface area contributed by atoms with Crippen molar-refractivity contribution in [1.29, 1.82) is 0 Å². The van der Waals surface area contributed by atoms with Crippen LogP contribution in [0.2, 0.25) is 5.04 Å². The Balaban J connectivity index is 1.81. The van der Waals surface area contributed by atoms with Gasteiger partial charge in [0.05, 0.1) is 6.10 Å². The van der Waals surface area contributed by atoms with Gasteiger partial charge in [-0.2, -0.15) is 0 Å². The van der Waals surface area contributed by atoms with Crippen molar-refractivity contribution in [2.75, 3.05) is 6.61 Å². The van der Waals surface area contributed by atoms with Crippen LogP contribution in [0, 0.1) is 0 Å². The Hall–Kier alpha value is -2.46. The molecule has 33 heavy (non-hydrogen) atoms. The van der Waals surface area contributed by atoms with Gasteiger partial charge >= 0.3 is 0 Å². The minimum absolute atomic E-state index is 0.0319. The van der Waals surface area contributed by atoms with E-state index in [4.69, 9.17) is 4.43 Å². The molecule has 2 atom stereocenters. The van der Waals surface area contributed by atoms with Crippen molar-refractivity contribution in [2.24, 2.45) is 0 Å². The van der Waals surface area contributed by atoms with Crippen LogP contribution in [0.1, 0.15) is 52.5 Å². The molecule has 2 nitrogen and oxygen atoms in total. The van der Waals surface area contributed by atoms with E-state index in [1.165, 1.54) is 10.4 Å². The van der Waals surface area contributed by atoms with Crippen LogP contribution in [0.5, 0.6) is 0 Å². The van der Waals surface area contributed by atoms with Crippen LogP contribution in [0.3, 0.4) is 0 Å². The molecule has 0 unspecified atom stereocenters. The maximum absolute atomic E-state index is 10.9. The van der Waals surface area contributed by atoms with E-state index in [9.17, 15) is 5.11 Å². The molecule has 1 N–H and O–H groups in total. The maximum atomic E-state index is 10.9. The molecule has 0 saturated carbocycles. The Labute approximate surface area is 201 Å². The van der Waals surface area contributed by atoms with Gasteiger partial charge < -0.3 is 9.53 Å². The maximum Gasteiger partial charge on any atom is 0.261 e. The van der Waals surface area contributed by atoms with Crippen LogP contribution in [0.25, 0.3) is 0 Å². The fourth-order valence-corrected chi connectivity index (χ4v) is 9.29. The zero-order valence-electron chi connectivity index (χ0n) is 20.7. The van der Waals surface area contributed by atoms with E-state index < -0.39 is 14.4 Å². The van der Waals surface area contributed by atoms with Crippen molar-refractivity contribution in [3.05, 3.63) is 108 Å². The first-order chi connectivity index (χ1) is 15.8. The summed E-state index contributed by atoms with van der Waals surface area (Å²) in [4.78, 5) is 0. The third-order valence-electron chi connectivity index (χ3n) is 6.59. The summed E-state index contributed by atoms with van der Waals surface area (Å²) in [5.74, 6) is 0.0556. The second-order valence-electron chi connectivity index (χ2n) is 9.89. The highest BCUT2D eigenvalue weighted by atomic mass is 28.4. The predicted molar refractivity (Wildman–Crippen MR) is 143 cm³/mol. The van der Waals surface area contributed by atoms with Crippen molar-refractivity contribution >= 4 is 18.7 Å². The normalized spacial score (nSPS) is 14.7. The van der Waals surface area contributed by atoms with Gasteiger partial charge in [0.2, 0.25) is 0 Å². The summed E-state index contributed by atoms with van der Waals surface area (Å²) in [5, 5.41) is 13.4. The largest absolute Gasteiger partial charge is 0.407 e. The molecule has 0 amide bonds. The molecule has 3 aromatic rings. The van der Waals surface area contributed by atoms with Crippen molar-refractivity contribution in [1.82, 2.24) is 0 Å². The van der Waals surface area contributed by atoms with Crippen LogP contribution in [-0.4, -0.2) is 26.1 Å². The number of aliphatic hydroxyl groups excluding tert-OH is 1. The molecule has 0 saturated heterocycles. The second-order valence-corrected chi connectivity index (χ2v) is 14.2. The molecule has 0 aliphatic rings. The summed E-state index contributed by atoms with van der Waals surface area (Å²) in [6.07, 6.45) is 2.41. The summed E-state index contributed by atoms with van der Waals surface area (Å²) in [5.41, 5.74) is 2.15. The SMILES string of the molecule is C/C(=C/CCO[Si](c1ccccc1)(c1ccccc1)C(C)(C)C)[C@@H](O)[C@H](C)c1ccccc1.